The van der Waals surface area contributed by atoms with Crippen molar-refractivity contribution in [3.63, 3.8) is 0 Å². The minimum absolute atomic E-state index is 0.00796. The summed E-state index contributed by atoms with van der Waals surface area (Å²) in [5.74, 6) is -1.34. The van der Waals surface area contributed by atoms with E-state index in [-0.39, 0.29) is 17.9 Å². The molecule has 2 rings (SSSR count). The molecule has 1 aromatic carbocycles. The van der Waals surface area contributed by atoms with Gasteiger partial charge in [0.25, 0.3) is 0 Å². The van der Waals surface area contributed by atoms with Crippen LogP contribution in [-0.2, 0) is 6.61 Å². The van der Waals surface area contributed by atoms with Gasteiger partial charge in [-0.15, -0.1) is 0 Å². The number of aromatic carboxylic acids is 1. The Labute approximate surface area is 96.2 Å². The molecule has 0 atom stereocenters. The Bertz CT molecular complexity index is 519. The highest BCUT2D eigenvalue weighted by atomic mass is 19.1. The number of carboxylic acid groups (broad SMARTS) is 1. The number of rotatable bonds is 4. The van der Waals surface area contributed by atoms with E-state index in [0.717, 1.165) is 6.07 Å². The van der Waals surface area contributed by atoms with E-state index in [4.69, 9.17) is 14.3 Å². The van der Waals surface area contributed by atoms with Gasteiger partial charge < -0.3 is 14.3 Å². The molecule has 0 aliphatic carbocycles. The van der Waals surface area contributed by atoms with Gasteiger partial charge >= 0.3 is 5.97 Å². The number of halogens is 1. The molecule has 1 heterocycles. The van der Waals surface area contributed by atoms with E-state index < -0.39 is 11.8 Å². The minimum atomic E-state index is -1.18. The van der Waals surface area contributed by atoms with Gasteiger partial charge in [0.1, 0.15) is 12.4 Å². The molecule has 0 radical (unpaired) electrons. The lowest BCUT2D eigenvalue weighted by molar-refractivity contribution is 0.0696. The predicted octanol–water partition coefficient (Wildman–Crippen LogP) is 2.70. The van der Waals surface area contributed by atoms with Crippen molar-refractivity contribution in [2.24, 2.45) is 0 Å². The average molecular weight is 236 g/mol. The molecule has 0 bridgehead atoms. The summed E-state index contributed by atoms with van der Waals surface area (Å²) in [4.78, 5) is 10.6. The van der Waals surface area contributed by atoms with Crippen molar-refractivity contribution in [3.8, 4) is 5.75 Å². The van der Waals surface area contributed by atoms with Gasteiger partial charge in [0.15, 0.2) is 11.6 Å². The van der Waals surface area contributed by atoms with Crippen molar-refractivity contribution in [3.05, 3.63) is 53.7 Å². The van der Waals surface area contributed by atoms with Crippen LogP contribution in [0.2, 0.25) is 0 Å². The van der Waals surface area contributed by atoms with Crippen LogP contribution in [0.4, 0.5) is 4.39 Å². The highest BCUT2D eigenvalue weighted by Crippen LogP contribution is 2.19. The summed E-state index contributed by atoms with van der Waals surface area (Å²) >= 11 is 0. The zero-order chi connectivity index (χ0) is 12.3. The summed E-state index contributed by atoms with van der Waals surface area (Å²) in [6.07, 6.45) is 1.49. The summed E-state index contributed by atoms with van der Waals surface area (Å²) in [7, 11) is 0. The molecule has 2 aromatic rings. The molecule has 0 amide bonds. The fraction of sp³-hybridized carbons (Fsp3) is 0.0833. The Morgan fingerprint density at radius 1 is 1.41 bits per heavy atom. The van der Waals surface area contributed by atoms with Crippen LogP contribution in [0.25, 0.3) is 0 Å². The molecular weight excluding hydrogens is 227 g/mol. The molecule has 4 nitrogen and oxygen atoms in total. The number of carbonyl (C=O) groups is 1. The van der Waals surface area contributed by atoms with Crippen molar-refractivity contribution < 1.29 is 23.4 Å². The fourth-order valence-corrected chi connectivity index (χ4v) is 1.29. The van der Waals surface area contributed by atoms with E-state index in [1.54, 1.807) is 12.1 Å². The van der Waals surface area contributed by atoms with Crippen molar-refractivity contribution in [1.82, 2.24) is 0 Å². The molecule has 0 spiro atoms. The van der Waals surface area contributed by atoms with E-state index in [9.17, 15) is 9.18 Å². The second kappa shape index (κ2) is 4.69. The van der Waals surface area contributed by atoms with Crippen LogP contribution in [-0.4, -0.2) is 11.1 Å². The van der Waals surface area contributed by atoms with Gasteiger partial charge in [-0.2, -0.15) is 0 Å². The Kier molecular flexibility index (Phi) is 3.09. The van der Waals surface area contributed by atoms with Gasteiger partial charge in [-0.05, 0) is 30.3 Å². The lowest BCUT2D eigenvalue weighted by atomic mass is 10.2. The minimum Gasteiger partial charge on any atom is -0.483 e. The summed E-state index contributed by atoms with van der Waals surface area (Å²) < 4.78 is 23.6. The highest BCUT2D eigenvalue weighted by molar-refractivity contribution is 5.87. The third-order valence-electron chi connectivity index (χ3n) is 2.13. The van der Waals surface area contributed by atoms with E-state index in [0.29, 0.717) is 5.76 Å². The zero-order valence-corrected chi connectivity index (χ0v) is 8.72. The number of ether oxygens (including phenoxy) is 1. The van der Waals surface area contributed by atoms with Gasteiger partial charge in [-0.25, -0.2) is 9.18 Å². The SMILES string of the molecule is O=C(O)c1ccc(OCc2ccco2)c(F)c1. The Morgan fingerprint density at radius 3 is 2.82 bits per heavy atom. The number of hydrogen-bond acceptors (Lipinski definition) is 3. The molecule has 1 aromatic heterocycles. The molecular formula is C12H9FO4. The molecule has 1 N–H and O–H groups in total. The van der Waals surface area contributed by atoms with Gasteiger partial charge in [0.2, 0.25) is 0 Å². The lowest BCUT2D eigenvalue weighted by Crippen LogP contribution is -2.00. The number of carboxylic acids is 1. The molecule has 0 fully saturated rings. The summed E-state index contributed by atoms with van der Waals surface area (Å²) in [5, 5.41) is 8.66. The normalized spacial score (nSPS) is 10.2. The Morgan fingerprint density at radius 2 is 2.24 bits per heavy atom. The van der Waals surface area contributed by atoms with Crippen LogP contribution in [0.1, 0.15) is 16.1 Å². The van der Waals surface area contributed by atoms with Crippen LogP contribution in [0.5, 0.6) is 5.75 Å². The quantitative estimate of drug-likeness (QED) is 0.886. The topological polar surface area (TPSA) is 59.7 Å². The van der Waals surface area contributed by atoms with Crippen molar-refractivity contribution in [2.45, 2.75) is 6.61 Å². The molecule has 0 aliphatic heterocycles. The summed E-state index contributed by atoms with van der Waals surface area (Å²) in [6, 6.07) is 6.87. The molecule has 5 heteroatoms. The Balaban J connectivity index is 2.09. The molecule has 0 unspecified atom stereocenters. The molecule has 88 valence electrons. The number of hydrogen-bond donors (Lipinski definition) is 1. The van der Waals surface area contributed by atoms with E-state index in [1.165, 1.54) is 18.4 Å². The first-order chi connectivity index (χ1) is 8.16. The lowest BCUT2D eigenvalue weighted by Gasteiger charge is -2.05. The van der Waals surface area contributed by atoms with Crippen molar-refractivity contribution in [2.75, 3.05) is 0 Å². The third-order valence-corrected chi connectivity index (χ3v) is 2.13. The smallest absolute Gasteiger partial charge is 0.335 e. The maximum atomic E-state index is 13.4. The fourth-order valence-electron chi connectivity index (χ4n) is 1.29. The third kappa shape index (κ3) is 2.63. The average Bonchev–Trinajstić information content (AvgIpc) is 2.80. The van der Waals surface area contributed by atoms with Crippen LogP contribution in [0.3, 0.4) is 0 Å². The second-order valence-corrected chi connectivity index (χ2v) is 3.32. The van der Waals surface area contributed by atoms with Crippen LogP contribution >= 0.6 is 0 Å². The molecule has 0 saturated heterocycles. The van der Waals surface area contributed by atoms with Crippen LogP contribution < -0.4 is 4.74 Å². The van der Waals surface area contributed by atoms with Gasteiger partial charge in [0, 0.05) is 0 Å². The summed E-state index contributed by atoms with van der Waals surface area (Å²) in [5.41, 5.74) is -0.118. The summed E-state index contributed by atoms with van der Waals surface area (Å²) in [6.45, 7) is 0.0936. The second-order valence-electron chi connectivity index (χ2n) is 3.32. The van der Waals surface area contributed by atoms with E-state index >= 15 is 0 Å². The molecule has 0 saturated carbocycles. The van der Waals surface area contributed by atoms with Gasteiger partial charge in [-0.3, -0.25) is 0 Å². The zero-order valence-electron chi connectivity index (χ0n) is 8.72. The molecule has 0 aliphatic rings. The van der Waals surface area contributed by atoms with Crippen molar-refractivity contribution >= 4 is 5.97 Å². The number of furan rings is 1. The van der Waals surface area contributed by atoms with Crippen LogP contribution in [0.15, 0.2) is 41.0 Å². The van der Waals surface area contributed by atoms with E-state index in [1.807, 2.05) is 0 Å². The Hall–Kier alpha value is -2.30. The monoisotopic (exact) mass is 236 g/mol. The molecule has 17 heavy (non-hydrogen) atoms. The van der Waals surface area contributed by atoms with Crippen LogP contribution in [0, 0.1) is 5.82 Å². The standard InChI is InChI=1S/C12H9FO4/c13-10-6-8(12(14)15)3-4-11(10)17-7-9-2-1-5-16-9/h1-6H,7H2,(H,14,15). The van der Waals surface area contributed by atoms with Gasteiger partial charge in [0.05, 0.1) is 11.8 Å². The van der Waals surface area contributed by atoms with E-state index in [2.05, 4.69) is 0 Å². The largest absolute Gasteiger partial charge is 0.483 e. The maximum absolute atomic E-state index is 13.4. The van der Waals surface area contributed by atoms with Crippen molar-refractivity contribution in [1.29, 1.82) is 0 Å². The predicted molar refractivity (Wildman–Crippen MR) is 56.4 cm³/mol. The number of benzene rings is 1. The van der Waals surface area contributed by atoms with Gasteiger partial charge in [-0.1, -0.05) is 0 Å². The highest BCUT2D eigenvalue weighted by Gasteiger charge is 2.09. The first-order valence-corrected chi connectivity index (χ1v) is 4.85. The first kappa shape index (κ1) is 11.2. The maximum Gasteiger partial charge on any atom is 0.335 e. The first-order valence-electron chi connectivity index (χ1n) is 4.85.